The van der Waals surface area contributed by atoms with Crippen molar-refractivity contribution in [2.24, 2.45) is 0 Å². The number of thiazole rings is 1. The molecule has 1 amide bonds. The van der Waals surface area contributed by atoms with E-state index in [1.807, 2.05) is 0 Å². The Morgan fingerprint density at radius 2 is 2.30 bits per heavy atom. The highest BCUT2D eigenvalue weighted by atomic mass is 32.1. The van der Waals surface area contributed by atoms with Gasteiger partial charge in [-0.05, 0) is 33.2 Å². The lowest BCUT2D eigenvalue weighted by Gasteiger charge is -2.20. The molecule has 110 valence electrons. The average Bonchev–Trinajstić information content (AvgIpc) is 2.81. The van der Waals surface area contributed by atoms with E-state index in [2.05, 4.69) is 15.6 Å². The lowest BCUT2D eigenvalue weighted by Crippen LogP contribution is -2.38. The molecule has 0 radical (unpaired) electrons. The SMILES string of the molecule is Cc1nc(C2CCCNC2)sc1C(=O)NC(C)C(=O)O. The number of hydrogen-bond acceptors (Lipinski definition) is 5. The van der Waals surface area contributed by atoms with Crippen molar-refractivity contribution in [3.05, 3.63) is 15.6 Å². The highest BCUT2D eigenvalue weighted by molar-refractivity contribution is 7.13. The number of aryl methyl sites for hydroxylation is 1. The fourth-order valence-electron chi connectivity index (χ4n) is 2.19. The van der Waals surface area contributed by atoms with E-state index in [4.69, 9.17) is 5.11 Å². The van der Waals surface area contributed by atoms with Crippen LogP contribution in [0.4, 0.5) is 0 Å². The number of nitrogens with zero attached hydrogens (tertiary/aromatic N) is 1. The van der Waals surface area contributed by atoms with Crippen LogP contribution in [0.1, 0.15) is 46.1 Å². The number of piperidine rings is 1. The molecule has 1 aliphatic rings. The van der Waals surface area contributed by atoms with E-state index < -0.39 is 12.0 Å². The van der Waals surface area contributed by atoms with Crippen LogP contribution < -0.4 is 10.6 Å². The monoisotopic (exact) mass is 297 g/mol. The second-order valence-corrected chi connectivity index (χ2v) is 6.07. The smallest absolute Gasteiger partial charge is 0.325 e. The molecule has 0 bridgehead atoms. The second-order valence-electron chi connectivity index (χ2n) is 5.04. The number of rotatable bonds is 4. The van der Waals surface area contributed by atoms with Crippen LogP contribution in [-0.2, 0) is 4.79 Å². The summed E-state index contributed by atoms with van der Waals surface area (Å²) in [6, 6.07) is -0.899. The number of aliphatic carboxylic acids is 1. The highest BCUT2D eigenvalue weighted by Gasteiger charge is 2.24. The minimum atomic E-state index is -1.04. The van der Waals surface area contributed by atoms with Gasteiger partial charge in [0, 0.05) is 12.5 Å². The van der Waals surface area contributed by atoms with E-state index in [1.54, 1.807) is 6.92 Å². The predicted octanol–water partition coefficient (Wildman–Crippen LogP) is 1.12. The molecule has 20 heavy (non-hydrogen) atoms. The molecule has 2 rings (SSSR count). The minimum Gasteiger partial charge on any atom is -0.480 e. The van der Waals surface area contributed by atoms with Gasteiger partial charge in [-0.25, -0.2) is 4.98 Å². The van der Waals surface area contributed by atoms with Crippen LogP contribution in [0.25, 0.3) is 0 Å². The lowest BCUT2D eigenvalue weighted by atomic mass is 10.0. The van der Waals surface area contributed by atoms with Crippen LogP contribution in [-0.4, -0.2) is 41.1 Å². The number of aromatic nitrogens is 1. The Labute approximate surface area is 121 Å². The second kappa shape index (κ2) is 6.32. The van der Waals surface area contributed by atoms with Crippen molar-refractivity contribution >= 4 is 23.2 Å². The normalized spacial score (nSPS) is 20.4. The largest absolute Gasteiger partial charge is 0.480 e. The number of carbonyl (C=O) groups is 2. The van der Waals surface area contributed by atoms with Crippen LogP contribution in [0, 0.1) is 6.92 Å². The zero-order chi connectivity index (χ0) is 14.7. The summed E-state index contributed by atoms with van der Waals surface area (Å²) in [6.07, 6.45) is 2.19. The minimum absolute atomic E-state index is 0.353. The van der Waals surface area contributed by atoms with E-state index in [0.29, 0.717) is 16.5 Å². The summed E-state index contributed by atoms with van der Waals surface area (Å²) in [5.74, 6) is -1.05. The first-order chi connectivity index (χ1) is 9.49. The summed E-state index contributed by atoms with van der Waals surface area (Å²) < 4.78 is 0. The number of carboxylic acid groups (broad SMARTS) is 1. The zero-order valence-corrected chi connectivity index (χ0v) is 12.4. The van der Waals surface area contributed by atoms with Gasteiger partial charge in [-0.15, -0.1) is 11.3 Å². The molecule has 1 aliphatic heterocycles. The number of nitrogens with one attached hydrogen (secondary N) is 2. The zero-order valence-electron chi connectivity index (χ0n) is 11.6. The number of amides is 1. The Hall–Kier alpha value is -1.47. The quantitative estimate of drug-likeness (QED) is 0.774. The van der Waals surface area contributed by atoms with Crippen LogP contribution in [0.15, 0.2) is 0 Å². The molecule has 1 fully saturated rings. The third kappa shape index (κ3) is 3.34. The molecule has 1 aromatic heterocycles. The first-order valence-electron chi connectivity index (χ1n) is 6.70. The number of carbonyl (C=O) groups excluding carboxylic acids is 1. The summed E-state index contributed by atoms with van der Waals surface area (Å²) in [4.78, 5) is 27.8. The maximum Gasteiger partial charge on any atom is 0.325 e. The fourth-order valence-corrected chi connectivity index (χ4v) is 3.29. The lowest BCUT2D eigenvalue weighted by molar-refractivity contribution is -0.138. The van der Waals surface area contributed by atoms with Crippen molar-refractivity contribution in [2.45, 2.75) is 38.6 Å². The molecule has 1 saturated heterocycles. The van der Waals surface area contributed by atoms with Crippen LogP contribution >= 0.6 is 11.3 Å². The third-order valence-corrected chi connectivity index (χ3v) is 4.70. The van der Waals surface area contributed by atoms with Gasteiger partial charge in [0.25, 0.3) is 5.91 Å². The molecular weight excluding hydrogens is 278 g/mol. The summed E-state index contributed by atoms with van der Waals surface area (Å²) >= 11 is 1.37. The van der Waals surface area contributed by atoms with Crippen molar-refractivity contribution in [3.63, 3.8) is 0 Å². The molecule has 6 nitrogen and oxygen atoms in total. The van der Waals surface area contributed by atoms with E-state index in [-0.39, 0.29) is 5.91 Å². The molecule has 2 unspecified atom stereocenters. The van der Waals surface area contributed by atoms with Crippen molar-refractivity contribution in [2.75, 3.05) is 13.1 Å². The van der Waals surface area contributed by atoms with Gasteiger partial charge in [0.1, 0.15) is 10.9 Å². The summed E-state index contributed by atoms with van der Waals surface area (Å²) in [5, 5.41) is 15.6. The summed E-state index contributed by atoms with van der Waals surface area (Å²) in [6.45, 7) is 5.16. The van der Waals surface area contributed by atoms with Gasteiger partial charge < -0.3 is 15.7 Å². The first-order valence-corrected chi connectivity index (χ1v) is 7.52. The molecule has 7 heteroatoms. The Bertz CT molecular complexity index is 509. The van der Waals surface area contributed by atoms with Crippen molar-refractivity contribution in [1.82, 2.24) is 15.6 Å². The molecule has 0 aliphatic carbocycles. The van der Waals surface area contributed by atoms with Gasteiger partial charge in [0.05, 0.1) is 10.7 Å². The topological polar surface area (TPSA) is 91.3 Å². The molecule has 2 heterocycles. The Morgan fingerprint density at radius 1 is 1.55 bits per heavy atom. The van der Waals surface area contributed by atoms with E-state index >= 15 is 0 Å². The standard InChI is InChI=1S/C13H19N3O3S/c1-7-10(11(17)15-8(2)13(18)19)20-12(16-7)9-4-3-5-14-6-9/h8-9,14H,3-6H2,1-2H3,(H,15,17)(H,18,19). The molecule has 2 atom stereocenters. The van der Waals surface area contributed by atoms with Crippen molar-refractivity contribution in [1.29, 1.82) is 0 Å². The molecule has 3 N–H and O–H groups in total. The molecule has 1 aromatic rings. The molecule has 0 spiro atoms. The molecular formula is C13H19N3O3S. The third-order valence-electron chi connectivity index (χ3n) is 3.38. The van der Waals surface area contributed by atoms with Crippen molar-refractivity contribution < 1.29 is 14.7 Å². The fraction of sp³-hybridized carbons (Fsp3) is 0.615. The molecule has 0 aromatic carbocycles. The van der Waals surface area contributed by atoms with Gasteiger partial charge in [0.2, 0.25) is 0 Å². The van der Waals surface area contributed by atoms with Crippen LogP contribution in [0.2, 0.25) is 0 Å². The first kappa shape index (κ1) is 14.9. The Kier molecular flexibility index (Phi) is 4.72. The maximum absolute atomic E-state index is 12.1. The van der Waals surface area contributed by atoms with Crippen LogP contribution in [0.3, 0.4) is 0 Å². The van der Waals surface area contributed by atoms with Crippen LogP contribution in [0.5, 0.6) is 0 Å². The van der Waals surface area contributed by atoms with Gasteiger partial charge in [-0.3, -0.25) is 9.59 Å². The Balaban J connectivity index is 2.10. The number of carboxylic acids is 1. The highest BCUT2D eigenvalue weighted by Crippen LogP contribution is 2.29. The summed E-state index contributed by atoms with van der Waals surface area (Å²) in [5.41, 5.74) is 0.672. The van der Waals surface area contributed by atoms with Crippen molar-refractivity contribution in [3.8, 4) is 0 Å². The van der Waals surface area contributed by atoms with E-state index in [1.165, 1.54) is 18.3 Å². The van der Waals surface area contributed by atoms with Gasteiger partial charge >= 0.3 is 5.97 Å². The van der Waals surface area contributed by atoms with Gasteiger partial charge in [-0.1, -0.05) is 0 Å². The number of hydrogen-bond donors (Lipinski definition) is 3. The average molecular weight is 297 g/mol. The predicted molar refractivity (Wildman–Crippen MR) is 76.3 cm³/mol. The summed E-state index contributed by atoms with van der Waals surface area (Å²) in [7, 11) is 0. The van der Waals surface area contributed by atoms with Gasteiger partial charge in [-0.2, -0.15) is 0 Å². The maximum atomic E-state index is 12.1. The molecule has 0 saturated carbocycles. The Morgan fingerprint density at radius 3 is 2.90 bits per heavy atom. The van der Waals surface area contributed by atoms with Gasteiger partial charge in [0.15, 0.2) is 0 Å². The van der Waals surface area contributed by atoms with E-state index in [0.717, 1.165) is 30.9 Å². The van der Waals surface area contributed by atoms with E-state index in [9.17, 15) is 9.59 Å².